The van der Waals surface area contributed by atoms with Crippen LogP contribution in [0.5, 0.6) is 5.88 Å². The lowest BCUT2D eigenvalue weighted by Gasteiger charge is -2.06. The molecule has 5 heteroatoms. The number of aryl methyl sites for hydroxylation is 2. The molecule has 2 heterocycles. The van der Waals surface area contributed by atoms with Crippen LogP contribution >= 0.6 is 0 Å². The van der Waals surface area contributed by atoms with Crippen LogP contribution in [0.15, 0.2) is 30.3 Å². The standard InChI is InChI=1S/C16H20N4O/c1-11-14(16(21-3)20(2)19-11)10-17-9-13-8-12-6-4-5-7-15(12)18-13/h4-8,17-18H,9-10H2,1-3H3. The first-order valence-corrected chi connectivity index (χ1v) is 7.03. The van der Waals surface area contributed by atoms with Crippen molar-refractivity contribution < 1.29 is 4.74 Å². The van der Waals surface area contributed by atoms with Gasteiger partial charge in [0.2, 0.25) is 5.88 Å². The molecule has 21 heavy (non-hydrogen) atoms. The van der Waals surface area contributed by atoms with Gasteiger partial charge >= 0.3 is 0 Å². The second-order valence-electron chi connectivity index (χ2n) is 5.18. The van der Waals surface area contributed by atoms with Gasteiger partial charge in [-0.25, -0.2) is 4.68 Å². The van der Waals surface area contributed by atoms with Crippen LogP contribution in [0.2, 0.25) is 0 Å². The van der Waals surface area contributed by atoms with E-state index < -0.39 is 0 Å². The lowest BCUT2D eigenvalue weighted by Crippen LogP contribution is -2.14. The Bertz CT molecular complexity index is 724. The summed E-state index contributed by atoms with van der Waals surface area (Å²) in [5.74, 6) is 0.816. The number of nitrogens with zero attached hydrogens (tertiary/aromatic N) is 2. The first-order chi connectivity index (χ1) is 10.2. The maximum atomic E-state index is 5.40. The number of ether oxygens (including phenoxy) is 1. The average molecular weight is 284 g/mol. The molecule has 2 aromatic heterocycles. The van der Waals surface area contributed by atoms with E-state index >= 15 is 0 Å². The Labute approximate surface area is 123 Å². The van der Waals surface area contributed by atoms with Crippen molar-refractivity contribution >= 4 is 10.9 Å². The van der Waals surface area contributed by atoms with Crippen LogP contribution in [0.3, 0.4) is 0 Å². The number of aromatic amines is 1. The van der Waals surface area contributed by atoms with E-state index in [2.05, 4.69) is 39.7 Å². The summed E-state index contributed by atoms with van der Waals surface area (Å²) in [6.07, 6.45) is 0. The van der Waals surface area contributed by atoms with Crippen LogP contribution < -0.4 is 10.1 Å². The van der Waals surface area contributed by atoms with Gasteiger partial charge < -0.3 is 15.0 Å². The average Bonchev–Trinajstić information content (AvgIpc) is 2.99. The molecule has 0 aliphatic carbocycles. The Kier molecular flexibility index (Phi) is 3.66. The molecular formula is C16H20N4O. The van der Waals surface area contributed by atoms with E-state index in [9.17, 15) is 0 Å². The quantitative estimate of drug-likeness (QED) is 0.757. The number of hydrogen-bond acceptors (Lipinski definition) is 3. The summed E-state index contributed by atoms with van der Waals surface area (Å²) in [6, 6.07) is 10.5. The third kappa shape index (κ3) is 2.64. The minimum absolute atomic E-state index is 0.734. The number of aromatic nitrogens is 3. The Hall–Kier alpha value is -2.27. The van der Waals surface area contributed by atoms with Crippen molar-refractivity contribution in [3.63, 3.8) is 0 Å². The van der Waals surface area contributed by atoms with Crippen molar-refractivity contribution in [3.05, 3.63) is 47.3 Å². The van der Waals surface area contributed by atoms with Crippen LogP contribution in [0.25, 0.3) is 10.9 Å². The van der Waals surface area contributed by atoms with E-state index in [0.717, 1.165) is 30.2 Å². The molecule has 0 saturated carbocycles. The Morgan fingerprint density at radius 2 is 2.10 bits per heavy atom. The molecule has 110 valence electrons. The van der Waals surface area contributed by atoms with Gasteiger partial charge in [-0.2, -0.15) is 5.10 Å². The highest BCUT2D eigenvalue weighted by molar-refractivity contribution is 5.80. The highest BCUT2D eigenvalue weighted by Gasteiger charge is 2.13. The highest BCUT2D eigenvalue weighted by Crippen LogP contribution is 2.21. The third-order valence-electron chi connectivity index (χ3n) is 3.69. The fraction of sp³-hybridized carbons (Fsp3) is 0.312. The number of fused-ring (bicyclic) bond motifs is 1. The van der Waals surface area contributed by atoms with E-state index in [-0.39, 0.29) is 0 Å². The summed E-state index contributed by atoms with van der Waals surface area (Å²) in [5, 5.41) is 9.07. The molecule has 2 N–H and O–H groups in total. The molecule has 3 rings (SSSR count). The molecular weight excluding hydrogens is 264 g/mol. The maximum absolute atomic E-state index is 5.40. The Balaban J connectivity index is 1.68. The van der Waals surface area contributed by atoms with Crippen molar-refractivity contribution in [1.82, 2.24) is 20.1 Å². The largest absolute Gasteiger partial charge is 0.481 e. The highest BCUT2D eigenvalue weighted by atomic mass is 16.5. The van der Waals surface area contributed by atoms with Gasteiger partial charge in [0.1, 0.15) is 0 Å². The van der Waals surface area contributed by atoms with Crippen LogP contribution in [-0.4, -0.2) is 21.9 Å². The molecule has 0 radical (unpaired) electrons. The molecule has 0 spiro atoms. The Morgan fingerprint density at radius 3 is 2.86 bits per heavy atom. The topological polar surface area (TPSA) is 54.9 Å². The number of benzene rings is 1. The zero-order valence-corrected chi connectivity index (χ0v) is 12.6. The molecule has 0 bridgehead atoms. The number of rotatable bonds is 5. The van der Waals surface area contributed by atoms with E-state index in [4.69, 9.17) is 4.74 Å². The molecule has 0 amide bonds. The molecule has 0 aliphatic heterocycles. The third-order valence-corrected chi connectivity index (χ3v) is 3.69. The molecule has 0 fully saturated rings. The number of nitrogens with one attached hydrogen (secondary N) is 2. The number of methoxy groups -OCH3 is 1. The molecule has 0 aliphatic rings. The molecule has 0 saturated heterocycles. The minimum atomic E-state index is 0.734. The van der Waals surface area contributed by atoms with Crippen molar-refractivity contribution in [2.24, 2.45) is 7.05 Å². The normalized spacial score (nSPS) is 11.2. The fourth-order valence-corrected chi connectivity index (χ4v) is 2.69. The molecule has 0 unspecified atom stereocenters. The van der Waals surface area contributed by atoms with E-state index in [1.54, 1.807) is 11.8 Å². The lowest BCUT2D eigenvalue weighted by atomic mass is 10.2. The SMILES string of the molecule is COc1c(CNCc2cc3ccccc3[nH]2)c(C)nn1C. The monoisotopic (exact) mass is 284 g/mol. The fourth-order valence-electron chi connectivity index (χ4n) is 2.69. The molecule has 0 atom stereocenters. The van der Waals surface area contributed by atoms with Crippen molar-refractivity contribution in [3.8, 4) is 5.88 Å². The van der Waals surface area contributed by atoms with Gasteiger partial charge in [0, 0.05) is 31.3 Å². The van der Waals surface area contributed by atoms with Gasteiger partial charge in [0.15, 0.2) is 0 Å². The van der Waals surface area contributed by atoms with Crippen LogP contribution in [0.1, 0.15) is 17.0 Å². The summed E-state index contributed by atoms with van der Waals surface area (Å²) in [4.78, 5) is 3.42. The van der Waals surface area contributed by atoms with Gasteiger partial charge in [-0.3, -0.25) is 0 Å². The first-order valence-electron chi connectivity index (χ1n) is 7.03. The second-order valence-corrected chi connectivity index (χ2v) is 5.18. The van der Waals surface area contributed by atoms with Gasteiger partial charge in [0.25, 0.3) is 0 Å². The van der Waals surface area contributed by atoms with Crippen LogP contribution in [-0.2, 0) is 20.1 Å². The maximum Gasteiger partial charge on any atom is 0.216 e. The molecule has 5 nitrogen and oxygen atoms in total. The zero-order valence-electron chi connectivity index (χ0n) is 12.6. The van der Waals surface area contributed by atoms with E-state index in [1.165, 1.54) is 16.6 Å². The molecule has 3 aromatic rings. The summed E-state index contributed by atoms with van der Waals surface area (Å²) >= 11 is 0. The summed E-state index contributed by atoms with van der Waals surface area (Å²) in [7, 11) is 3.57. The predicted molar refractivity (Wildman–Crippen MR) is 83.3 cm³/mol. The van der Waals surface area contributed by atoms with Gasteiger partial charge in [-0.15, -0.1) is 0 Å². The van der Waals surface area contributed by atoms with Crippen molar-refractivity contribution in [1.29, 1.82) is 0 Å². The van der Waals surface area contributed by atoms with Crippen LogP contribution in [0.4, 0.5) is 0 Å². The van der Waals surface area contributed by atoms with E-state index in [1.807, 2.05) is 20.0 Å². The zero-order chi connectivity index (χ0) is 14.8. The first kappa shape index (κ1) is 13.7. The summed E-state index contributed by atoms with van der Waals surface area (Å²) in [5.41, 5.74) is 4.45. The molecule has 1 aromatic carbocycles. The lowest BCUT2D eigenvalue weighted by molar-refractivity contribution is 0.368. The minimum Gasteiger partial charge on any atom is -0.481 e. The van der Waals surface area contributed by atoms with Gasteiger partial charge in [-0.05, 0) is 24.4 Å². The predicted octanol–water partition coefficient (Wildman–Crippen LogP) is 2.51. The van der Waals surface area contributed by atoms with Crippen molar-refractivity contribution in [2.45, 2.75) is 20.0 Å². The summed E-state index contributed by atoms with van der Waals surface area (Å²) in [6.45, 7) is 3.52. The van der Waals surface area contributed by atoms with Crippen LogP contribution in [0, 0.1) is 6.92 Å². The van der Waals surface area contributed by atoms with Crippen molar-refractivity contribution in [2.75, 3.05) is 7.11 Å². The summed E-state index contributed by atoms with van der Waals surface area (Å²) < 4.78 is 7.17. The number of hydrogen-bond donors (Lipinski definition) is 2. The smallest absolute Gasteiger partial charge is 0.216 e. The number of para-hydroxylation sites is 1. The second kappa shape index (κ2) is 5.61. The Morgan fingerprint density at radius 1 is 1.29 bits per heavy atom. The number of H-pyrrole nitrogens is 1. The van der Waals surface area contributed by atoms with Gasteiger partial charge in [0.05, 0.1) is 18.4 Å². The van der Waals surface area contributed by atoms with E-state index in [0.29, 0.717) is 0 Å². The van der Waals surface area contributed by atoms with Gasteiger partial charge in [-0.1, -0.05) is 18.2 Å².